The molecule has 2 aromatic carbocycles. The molecule has 0 saturated heterocycles. The first-order valence-corrected chi connectivity index (χ1v) is 9.74. The van der Waals surface area contributed by atoms with Crippen LogP contribution < -0.4 is 45.7 Å². The Kier molecular flexibility index (Phi) is 5.31. The van der Waals surface area contributed by atoms with E-state index in [9.17, 15) is 9.59 Å². The van der Waals surface area contributed by atoms with Gasteiger partial charge in [0.1, 0.15) is 10.9 Å². The van der Waals surface area contributed by atoms with Gasteiger partial charge in [-0.15, -0.1) is 0 Å². The van der Waals surface area contributed by atoms with Crippen LogP contribution in [-0.2, 0) is 6.54 Å². The van der Waals surface area contributed by atoms with Crippen molar-refractivity contribution in [2.75, 3.05) is 0 Å². The van der Waals surface area contributed by atoms with Gasteiger partial charge in [0.15, 0.2) is 0 Å². The summed E-state index contributed by atoms with van der Waals surface area (Å²) in [6.45, 7) is 2.25. The summed E-state index contributed by atoms with van der Waals surface area (Å²) in [6, 6.07) is 19.1. The van der Waals surface area contributed by atoms with E-state index in [-0.39, 0.29) is 40.7 Å². The number of fused-ring (bicyclic) bond motifs is 2. The molecule has 0 spiro atoms. The smallest absolute Gasteiger partial charge is 0.307 e. The van der Waals surface area contributed by atoms with Crippen LogP contribution in [0.3, 0.4) is 0 Å². The molecule has 0 bridgehead atoms. The Hall–Kier alpha value is -2.45. The van der Waals surface area contributed by atoms with Gasteiger partial charge in [-0.3, -0.25) is 4.79 Å². The van der Waals surface area contributed by atoms with Gasteiger partial charge in [-0.25, -0.2) is 14.9 Å². The van der Waals surface area contributed by atoms with E-state index in [2.05, 4.69) is 10.1 Å². The monoisotopic (exact) mass is 412 g/mol. The maximum atomic E-state index is 13.1. The zero-order valence-electron chi connectivity index (χ0n) is 16.1. The fourth-order valence-electron chi connectivity index (χ4n) is 3.52. The first-order chi connectivity index (χ1) is 13.6. The molecule has 3 heterocycles. The Balaban J connectivity index is 0.00000205. The van der Waals surface area contributed by atoms with Gasteiger partial charge < -0.3 is 4.57 Å². The van der Waals surface area contributed by atoms with Crippen molar-refractivity contribution < 1.29 is 34.5 Å². The molecule has 0 unspecified atom stereocenters. The van der Waals surface area contributed by atoms with Crippen molar-refractivity contribution in [1.29, 1.82) is 0 Å². The number of nitrogens with one attached hydrogen (secondary N) is 2. The van der Waals surface area contributed by atoms with Crippen molar-refractivity contribution in [2.45, 2.75) is 13.5 Å². The fraction of sp³-hybridized carbons (Fsp3) is 0.0952. The van der Waals surface area contributed by atoms with Gasteiger partial charge in [0.25, 0.3) is 5.56 Å². The molecule has 2 N–H and O–H groups in total. The minimum atomic E-state index is -0.169. The second-order valence-corrected chi connectivity index (χ2v) is 7.74. The summed E-state index contributed by atoms with van der Waals surface area (Å²) in [5.74, 6) is 0. The molecule has 3 aromatic heterocycles. The van der Waals surface area contributed by atoms with Gasteiger partial charge in [-0.1, -0.05) is 47.1 Å². The first-order valence-electron chi connectivity index (χ1n) is 8.92. The Morgan fingerprint density at radius 2 is 1.76 bits per heavy atom. The molecule has 5 rings (SSSR count). The summed E-state index contributed by atoms with van der Waals surface area (Å²) in [5.41, 5.74) is 2.88. The molecule has 8 heteroatoms. The van der Waals surface area contributed by atoms with Crippen molar-refractivity contribution in [3.63, 3.8) is 0 Å². The van der Waals surface area contributed by atoms with E-state index in [1.807, 2.05) is 61.5 Å². The third-order valence-corrected chi connectivity index (χ3v) is 5.99. The molecule has 5 aromatic rings. The zero-order chi connectivity index (χ0) is 19.3. The van der Waals surface area contributed by atoms with Crippen molar-refractivity contribution in [3.8, 4) is 5.13 Å². The van der Waals surface area contributed by atoms with Crippen LogP contribution in [0, 0.1) is 6.92 Å². The van der Waals surface area contributed by atoms with Crippen LogP contribution in [0.25, 0.3) is 26.3 Å². The topological polar surface area (TPSA) is 73.9 Å². The Bertz CT molecular complexity index is 1410. The number of para-hydroxylation sites is 1. The average Bonchev–Trinajstić information content (AvgIpc) is 3.27. The maximum Gasteiger partial charge on any atom is 1.00 e. The number of nitrogens with zero attached hydrogens (tertiary/aromatic N) is 2. The van der Waals surface area contributed by atoms with Crippen LogP contribution in [0.15, 0.2) is 70.3 Å². The molecular weight excluding hydrogens is 395 g/mol. The number of hydrogen-bond donors (Lipinski definition) is 1. The molecule has 29 heavy (non-hydrogen) atoms. The van der Waals surface area contributed by atoms with Gasteiger partial charge in [0, 0.05) is 11.8 Å². The van der Waals surface area contributed by atoms with E-state index in [1.165, 1.54) is 22.1 Å². The van der Waals surface area contributed by atoms with E-state index in [1.54, 1.807) is 4.57 Å². The molecule has 6 nitrogen and oxygen atoms in total. The van der Waals surface area contributed by atoms with E-state index in [0.717, 1.165) is 15.8 Å². The number of hydrogen-bond acceptors (Lipinski definition) is 3. The normalized spacial score (nSPS) is 11.1. The van der Waals surface area contributed by atoms with E-state index >= 15 is 0 Å². The van der Waals surface area contributed by atoms with Crippen LogP contribution in [0.4, 0.5) is 0 Å². The molecule has 0 fully saturated rings. The summed E-state index contributed by atoms with van der Waals surface area (Å²) in [5, 5.41) is 4.30. The Morgan fingerprint density at radius 3 is 2.52 bits per heavy atom. The van der Waals surface area contributed by atoms with Gasteiger partial charge in [-0.05, 0) is 36.0 Å². The number of aromatic nitrogens is 4. The number of rotatable bonds is 3. The Labute approximate surface area is 191 Å². The molecule has 0 aliphatic heterocycles. The van der Waals surface area contributed by atoms with Crippen LogP contribution in [-0.4, -0.2) is 14.3 Å². The van der Waals surface area contributed by atoms with Gasteiger partial charge in [0.2, 0.25) is 0 Å². The van der Waals surface area contributed by atoms with Crippen LogP contribution >= 0.6 is 11.3 Å². The van der Waals surface area contributed by atoms with Crippen molar-refractivity contribution >= 4 is 32.5 Å². The molecule has 0 aliphatic carbocycles. The molecule has 0 saturated carbocycles. The minimum Gasteiger partial charge on any atom is -0.307 e. The van der Waals surface area contributed by atoms with Crippen molar-refractivity contribution in [1.82, 2.24) is 14.3 Å². The van der Waals surface area contributed by atoms with Crippen molar-refractivity contribution in [2.24, 2.45) is 0 Å². The molecule has 138 valence electrons. The molecule has 0 radical (unpaired) electrons. The molecule has 0 aliphatic rings. The summed E-state index contributed by atoms with van der Waals surface area (Å²) in [4.78, 5) is 29.1. The fourth-order valence-corrected chi connectivity index (χ4v) is 4.49. The zero-order valence-corrected chi connectivity index (χ0v) is 18.9. The number of thiazole rings is 1. The molecule has 0 atom stereocenters. The summed E-state index contributed by atoms with van der Waals surface area (Å²) >= 11 is 1.49. The minimum absolute atomic E-state index is 0. The van der Waals surface area contributed by atoms with Gasteiger partial charge >= 0.3 is 40.2 Å². The second kappa shape index (κ2) is 7.76. The summed E-state index contributed by atoms with van der Waals surface area (Å²) in [7, 11) is 0. The first kappa shape index (κ1) is 19.8. The third-order valence-electron chi connectivity index (χ3n) is 4.94. The number of aryl methyl sites for hydroxylation is 1. The number of benzene rings is 2. The average molecular weight is 412 g/mol. The number of aromatic amines is 2. The predicted molar refractivity (Wildman–Crippen MR) is 110 cm³/mol. The van der Waals surface area contributed by atoms with Crippen LogP contribution in [0.1, 0.15) is 11.3 Å². The molecule has 0 amide bonds. The van der Waals surface area contributed by atoms with E-state index in [4.69, 9.17) is 0 Å². The Morgan fingerprint density at radius 1 is 1.03 bits per heavy atom. The quantitative estimate of drug-likeness (QED) is 0.420. The molecular formula is C21H17N4NaO2S+2. The van der Waals surface area contributed by atoms with Gasteiger partial charge in [0.05, 0.1) is 16.8 Å². The van der Waals surface area contributed by atoms with Crippen LogP contribution in [0.2, 0.25) is 0 Å². The van der Waals surface area contributed by atoms with Crippen molar-refractivity contribution in [3.05, 3.63) is 92.6 Å². The SMILES string of the molecule is Cc1c2c(=O)n(-c3[nH+]c4ccccc4s3)[nH]c2cc(=O)n1Cc1ccccc1.[Na+]. The predicted octanol–water partition coefficient (Wildman–Crippen LogP) is -0.130. The van der Waals surface area contributed by atoms with Crippen LogP contribution in [0.5, 0.6) is 0 Å². The summed E-state index contributed by atoms with van der Waals surface area (Å²) in [6.07, 6.45) is 0. The maximum absolute atomic E-state index is 13.1. The largest absolute Gasteiger partial charge is 1.00 e. The van der Waals surface area contributed by atoms with E-state index in [0.29, 0.717) is 28.3 Å². The number of H-pyrrole nitrogens is 2. The van der Waals surface area contributed by atoms with Gasteiger partial charge in [-0.2, -0.15) is 0 Å². The van der Waals surface area contributed by atoms with E-state index < -0.39 is 0 Å². The standard InChI is InChI=1S/C21H16N4O2S.Na/c1-13-19-16(11-18(26)24(13)12-14-7-3-2-4-8-14)23-25(20(19)27)21-22-15-9-5-6-10-17(15)28-21;/h2-11,23H,12H2,1H3;/q;+1/p+1. The third kappa shape index (κ3) is 3.40. The summed E-state index contributed by atoms with van der Waals surface area (Å²) < 4.78 is 4.18. The second-order valence-electron chi connectivity index (χ2n) is 6.71. The number of pyridine rings is 1.